The normalized spacial score (nSPS) is 38.8. The quantitative estimate of drug-likeness (QED) is 0.558. The van der Waals surface area contributed by atoms with Crippen LogP contribution in [0.15, 0.2) is 47.0 Å². The Hall–Kier alpha value is -2.50. The van der Waals surface area contributed by atoms with Gasteiger partial charge in [-0.25, -0.2) is 4.99 Å². The van der Waals surface area contributed by atoms with Crippen molar-refractivity contribution in [2.75, 3.05) is 6.61 Å². The smallest absolute Gasteiger partial charge is 0.221 e. The monoisotopic (exact) mass is 535 g/mol. The van der Waals surface area contributed by atoms with Gasteiger partial charge in [0.1, 0.15) is 6.61 Å². The molecule has 8 atom stereocenters. The number of hydrogen-bond acceptors (Lipinski definition) is 5. The summed E-state index contributed by atoms with van der Waals surface area (Å²) >= 11 is 6.10. The summed E-state index contributed by atoms with van der Waals surface area (Å²) in [5.41, 5.74) is 0.531. The van der Waals surface area contributed by atoms with Crippen LogP contribution in [-0.2, 0) is 14.3 Å². The SMILES string of the molecule is C=c1cc(Cl)cc/c1=C(/N=CC)OCC(=O)[C@H]1[C@H](C)CC2C3CCC4=CC(=O)C=CC4(C)C3[C@@H](O)CC21C. The minimum atomic E-state index is -0.538. The summed E-state index contributed by atoms with van der Waals surface area (Å²) in [5.74, 6) is 1.15. The van der Waals surface area contributed by atoms with E-state index in [1.807, 2.05) is 12.1 Å². The molecule has 0 aromatic heterocycles. The van der Waals surface area contributed by atoms with Gasteiger partial charge < -0.3 is 9.84 Å². The first kappa shape index (κ1) is 27.1. The number of carbonyl (C=O) groups excluding carboxylic acids is 2. The summed E-state index contributed by atoms with van der Waals surface area (Å²) in [6.45, 7) is 12.3. The fourth-order valence-corrected chi connectivity index (χ4v) is 8.88. The van der Waals surface area contributed by atoms with Crippen LogP contribution < -0.4 is 10.4 Å². The summed E-state index contributed by atoms with van der Waals surface area (Å²) in [6, 6.07) is 5.32. The molecule has 38 heavy (non-hydrogen) atoms. The number of rotatable bonds is 5. The summed E-state index contributed by atoms with van der Waals surface area (Å²) in [5, 5.41) is 13.6. The first-order valence-electron chi connectivity index (χ1n) is 13.7. The number of ether oxygens (including phenoxy) is 1. The maximum absolute atomic E-state index is 13.8. The Labute approximate surface area is 230 Å². The van der Waals surface area contributed by atoms with E-state index in [1.165, 1.54) is 0 Å². The molecule has 5 unspecified atom stereocenters. The van der Waals surface area contributed by atoms with Crippen molar-refractivity contribution < 1.29 is 19.4 Å². The van der Waals surface area contributed by atoms with Crippen molar-refractivity contribution in [3.05, 3.63) is 57.5 Å². The third-order valence-corrected chi connectivity index (χ3v) is 10.3. The average Bonchev–Trinajstić information content (AvgIpc) is 3.11. The van der Waals surface area contributed by atoms with Crippen LogP contribution >= 0.6 is 11.6 Å². The molecule has 5 nitrogen and oxygen atoms in total. The highest BCUT2D eigenvalue weighted by molar-refractivity contribution is 6.30. The zero-order valence-corrected chi connectivity index (χ0v) is 23.5. The molecule has 5 rings (SSSR count). The number of fused-ring (bicyclic) bond motifs is 5. The van der Waals surface area contributed by atoms with Crippen molar-refractivity contribution in [3.8, 4) is 0 Å². The van der Waals surface area contributed by atoms with Crippen LogP contribution in [-0.4, -0.2) is 35.6 Å². The fraction of sp³-hybridized carbons (Fsp3) is 0.531. The molecule has 1 aromatic carbocycles. The van der Waals surface area contributed by atoms with E-state index in [0.717, 1.165) is 24.8 Å². The lowest BCUT2D eigenvalue weighted by Crippen LogP contribution is -2.56. The number of nitrogens with zero attached hydrogens (tertiary/aromatic N) is 1. The molecule has 0 heterocycles. The minimum Gasteiger partial charge on any atom is -0.469 e. The van der Waals surface area contributed by atoms with Gasteiger partial charge in [0, 0.05) is 33.7 Å². The van der Waals surface area contributed by atoms with Crippen molar-refractivity contribution in [2.45, 2.75) is 59.5 Å². The summed E-state index contributed by atoms with van der Waals surface area (Å²) in [6.07, 6.45) is 9.93. The number of benzene rings is 1. The number of aliphatic hydroxyl groups is 1. The highest BCUT2D eigenvalue weighted by Gasteiger charge is 2.64. The van der Waals surface area contributed by atoms with Gasteiger partial charge in [-0.3, -0.25) is 9.59 Å². The van der Waals surface area contributed by atoms with Crippen LogP contribution in [0.3, 0.4) is 0 Å². The van der Waals surface area contributed by atoms with E-state index < -0.39 is 6.10 Å². The van der Waals surface area contributed by atoms with Crippen molar-refractivity contribution in [1.29, 1.82) is 0 Å². The summed E-state index contributed by atoms with van der Waals surface area (Å²) in [4.78, 5) is 30.3. The molecule has 0 radical (unpaired) electrons. The van der Waals surface area contributed by atoms with Gasteiger partial charge in [0.05, 0.1) is 6.10 Å². The molecule has 1 N–H and O–H groups in total. The third-order valence-electron chi connectivity index (χ3n) is 10.1. The first-order valence-corrected chi connectivity index (χ1v) is 14.1. The summed E-state index contributed by atoms with van der Waals surface area (Å²) in [7, 11) is 0. The van der Waals surface area contributed by atoms with Gasteiger partial charge in [-0.2, -0.15) is 0 Å². The molecule has 0 amide bonds. The predicted octanol–water partition coefficient (Wildman–Crippen LogP) is 4.63. The van der Waals surface area contributed by atoms with Crippen molar-refractivity contribution in [1.82, 2.24) is 0 Å². The molecule has 4 aliphatic rings. The lowest BCUT2D eigenvalue weighted by atomic mass is 9.46. The Bertz CT molecular complexity index is 1360. The predicted molar refractivity (Wildman–Crippen MR) is 151 cm³/mol. The second kappa shape index (κ2) is 9.91. The molecular formula is C32H38ClNO4. The fourth-order valence-electron chi connectivity index (χ4n) is 8.68. The van der Waals surface area contributed by atoms with E-state index in [-0.39, 0.29) is 46.8 Å². The van der Waals surface area contributed by atoms with Crippen LogP contribution in [0.5, 0.6) is 0 Å². The number of Topliss-reactive ketones (excluding diaryl/α,β-unsaturated/α-hetero) is 1. The van der Waals surface area contributed by atoms with Crippen LogP contribution in [0, 0.1) is 40.4 Å². The van der Waals surface area contributed by atoms with Gasteiger partial charge in [-0.05, 0) is 91.3 Å². The Morgan fingerprint density at radius 2 is 2.11 bits per heavy atom. The minimum absolute atomic E-state index is 0.0411. The molecule has 3 fully saturated rings. The first-order chi connectivity index (χ1) is 18.0. The molecular weight excluding hydrogens is 498 g/mol. The highest BCUT2D eigenvalue weighted by Crippen LogP contribution is 2.67. The van der Waals surface area contributed by atoms with Gasteiger partial charge in [0.25, 0.3) is 0 Å². The number of ketones is 2. The molecule has 3 saturated carbocycles. The van der Waals surface area contributed by atoms with E-state index >= 15 is 0 Å². The summed E-state index contributed by atoms with van der Waals surface area (Å²) < 4.78 is 6.04. The Morgan fingerprint density at radius 3 is 2.82 bits per heavy atom. The van der Waals surface area contributed by atoms with E-state index in [4.69, 9.17) is 16.3 Å². The molecule has 0 spiro atoms. The molecule has 4 aliphatic carbocycles. The number of halogens is 1. The lowest BCUT2D eigenvalue weighted by Gasteiger charge is -2.58. The van der Waals surface area contributed by atoms with Crippen LogP contribution in [0.4, 0.5) is 0 Å². The van der Waals surface area contributed by atoms with Gasteiger partial charge in [0.15, 0.2) is 11.6 Å². The standard InChI is InChI=1S/C32H38ClNO4/c1-6-34-30(23-10-8-21(33)13-18(23)2)38-17-27(37)28-19(3)14-25-24-9-7-20-15-22(35)11-12-31(20,4)29(24)26(36)16-32(25,28)5/h6,8,10-13,15,19,24-26,28-29,36H,2,7,9,14,16-17H2,1,3-5H3/b30-23+,34-6?/t19-,24?,25?,26+,28-,29?,31?,32?/m1/s1. The second-order valence-corrected chi connectivity index (χ2v) is 12.7. The maximum Gasteiger partial charge on any atom is 0.221 e. The van der Waals surface area contributed by atoms with Crippen LogP contribution in [0.1, 0.15) is 53.4 Å². The van der Waals surface area contributed by atoms with E-state index in [1.54, 1.807) is 37.4 Å². The molecule has 1 aromatic rings. The molecule has 0 aliphatic heterocycles. The third kappa shape index (κ3) is 4.32. The molecule has 0 bridgehead atoms. The van der Waals surface area contributed by atoms with Gasteiger partial charge in [0.2, 0.25) is 5.88 Å². The lowest BCUT2D eigenvalue weighted by molar-refractivity contribution is -0.142. The number of hydrogen-bond donors (Lipinski definition) is 1. The van der Waals surface area contributed by atoms with E-state index in [2.05, 4.69) is 32.3 Å². The van der Waals surface area contributed by atoms with E-state index in [0.29, 0.717) is 39.6 Å². The number of aliphatic imine (C=N–C) groups is 1. The van der Waals surface area contributed by atoms with Crippen molar-refractivity contribution in [3.63, 3.8) is 0 Å². The molecule has 6 heteroatoms. The highest BCUT2D eigenvalue weighted by atomic mass is 35.5. The number of carbonyl (C=O) groups is 2. The molecule has 0 saturated heterocycles. The topological polar surface area (TPSA) is 76.0 Å². The zero-order valence-electron chi connectivity index (χ0n) is 22.7. The number of aliphatic hydroxyl groups excluding tert-OH is 1. The molecule has 202 valence electrons. The van der Waals surface area contributed by atoms with Crippen molar-refractivity contribution in [2.24, 2.45) is 45.4 Å². The van der Waals surface area contributed by atoms with Gasteiger partial charge in [-0.15, -0.1) is 0 Å². The second-order valence-electron chi connectivity index (χ2n) is 12.2. The van der Waals surface area contributed by atoms with Crippen LogP contribution in [0.25, 0.3) is 12.5 Å². The Kier molecular flexibility index (Phi) is 7.06. The van der Waals surface area contributed by atoms with Crippen molar-refractivity contribution >= 4 is 41.8 Å². The van der Waals surface area contributed by atoms with Crippen LogP contribution in [0.2, 0.25) is 5.02 Å². The van der Waals surface area contributed by atoms with Gasteiger partial charge >= 0.3 is 0 Å². The Balaban J connectivity index is 1.41. The Morgan fingerprint density at radius 1 is 1.34 bits per heavy atom. The number of allylic oxidation sites excluding steroid dienone is 4. The van der Waals surface area contributed by atoms with E-state index in [9.17, 15) is 14.7 Å². The zero-order chi connectivity index (χ0) is 27.4. The van der Waals surface area contributed by atoms with Gasteiger partial charge in [-0.1, -0.05) is 50.6 Å². The largest absolute Gasteiger partial charge is 0.469 e. The maximum atomic E-state index is 13.8. The average molecular weight is 536 g/mol.